The molecule has 0 aliphatic carbocycles. The quantitative estimate of drug-likeness (QED) is 0.833. The monoisotopic (exact) mass is 329 g/mol. The van der Waals surface area contributed by atoms with Crippen molar-refractivity contribution in [2.75, 3.05) is 7.05 Å². The standard InChI is InChI=1S/C14H11BrF3N/c1-19-14(8-2-4-10(15)5-3-8)9-6-11(16)13(18)12(17)7-9/h2-7,14,19H,1H3. The van der Waals surface area contributed by atoms with Crippen LogP contribution in [0.4, 0.5) is 13.2 Å². The van der Waals surface area contributed by atoms with E-state index in [0.29, 0.717) is 5.56 Å². The van der Waals surface area contributed by atoms with Crippen LogP contribution in [0.1, 0.15) is 17.2 Å². The van der Waals surface area contributed by atoms with Gasteiger partial charge in [0.2, 0.25) is 0 Å². The van der Waals surface area contributed by atoms with Crippen LogP contribution in [-0.4, -0.2) is 7.05 Å². The zero-order chi connectivity index (χ0) is 14.0. The summed E-state index contributed by atoms with van der Waals surface area (Å²) in [4.78, 5) is 0. The van der Waals surface area contributed by atoms with Crippen molar-refractivity contribution in [2.45, 2.75) is 6.04 Å². The number of rotatable bonds is 3. The lowest BCUT2D eigenvalue weighted by atomic mass is 9.98. The lowest BCUT2D eigenvalue weighted by Crippen LogP contribution is -2.18. The van der Waals surface area contributed by atoms with Gasteiger partial charge >= 0.3 is 0 Å². The molecule has 0 saturated carbocycles. The molecule has 1 unspecified atom stereocenters. The summed E-state index contributed by atoms with van der Waals surface area (Å²) in [6.45, 7) is 0. The minimum Gasteiger partial charge on any atom is -0.309 e. The first-order chi connectivity index (χ1) is 9.02. The summed E-state index contributed by atoms with van der Waals surface area (Å²) in [7, 11) is 1.67. The molecule has 0 saturated heterocycles. The molecular weight excluding hydrogens is 319 g/mol. The van der Waals surface area contributed by atoms with Crippen molar-refractivity contribution in [3.8, 4) is 0 Å². The van der Waals surface area contributed by atoms with Crippen LogP contribution in [0.15, 0.2) is 40.9 Å². The van der Waals surface area contributed by atoms with Gasteiger partial charge in [0.15, 0.2) is 17.5 Å². The Morgan fingerprint density at radius 2 is 1.47 bits per heavy atom. The molecule has 0 aliphatic heterocycles. The van der Waals surface area contributed by atoms with E-state index in [2.05, 4.69) is 21.2 Å². The Morgan fingerprint density at radius 1 is 0.947 bits per heavy atom. The first-order valence-electron chi connectivity index (χ1n) is 5.60. The summed E-state index contributed by atoms with van der Waals surface area (Å²) in [5, 5.41) is 2.96. The number of hydrogen-bond donors (Lipinski definition) is 1. The van der Waals surface area contributed by atoms with Crippen molar-refractivity contribution >= 4 is 15.9 Å². The topological polar surface area (TPSA) is 12.0 Å². The average Bonchev–Trinajstić information content (AvgIpc) is 2.39. The first-order valence-corrected chi connectivity index (χ1v) is 6.39. The molecule has 0 aromatic heterocycles. The zero-order valence-electron chi connectivity index (χ0n) is 10.1. The van der Waals surface area contributed by atoms with Gasteiger partial charge in [0.25, 0.3) is 0 Å². The van der Waals surface area contributed by atoms with Crippen LogP contribution < -0.4 is 5.32 Å². The Balaban J connectivity index is 2.45. The summed E-state index contributed by atoms with van der Waals surface area (Å²) in [6, 6.07) is 8.90. The van der Waals surface area contributed by atoms with Gasteiger partial charge in [-0.25, -0.2) is 13.2 Å². The van der Waals surface area contributed by atoms with E-state index in [4.69, 9.17) is 0 Å². The normalized spacial score (nSPS) is 12.5. The molecule has 0 amide bonds. The summed E-state index contributed by atoms with van der Waals surface area (Å²) in [5.74, 6) is -3.82. The van der Waals surface area contributed by atoms with Gasteiger partial charge in [0.1, 0.15) is 0 Å². The van der Waals surface area contributed by atoms with E-state index in [1.807, 2.05) is 24.3 Å². The van der Waals surface area contributed by atoms with Gasteiger partial charge in [-0.1, -0.05) is 28.1 Å². The van der Waals surface area contributed by atoms with E-state index in [1.165, 1.54) is 0 Å². The lowest BCUT2D eigenvalue weighted by Gasteiger charge is -2.17. The zero-order valence-corrected chi connectivity index (χ0v) is 11.6. The SMILES string of the molecule is CNC(c1ccc(Br)cc1)c1cc(F)c(F)c(F)c1. The van der Waals surface area contributed by atoms with E-state index in [1.54, 1.807) is 7.05 Å². The van der Waals surface area contributed by atoms with Crippen molar-refractivity contribution in [1.82, 2.24) is 5.32 Å². The maximum atomic E-state index is 13.3. The second-order valence-electron chi connectivity index (χ2n) is 4.07. The Bertz CT molecular complexity index is 561. The molecular formula is C14H11BrF3N. The third kappa shape index (κ3) is 2.98. The van der Waals surface area contributed by atoms with Gasteiger partial charge in [0.05, 0.1) is 6.04 Å². The van der Waals surface area contributed by atoms with Crippen LogP contribution >= 0.6 is 15.9 Å². The third-order valence-corrected chi connectivity index (χ3v) is 3.36. The fraction of sp³-hybridized carbons (Fsp3) is 0.143. The Morgan fingerprint density at radius 3 is 1.95 bits per heavy atom. The van der Waals surface area contributed by atoms with E-state index < -0.39 is 23.5 Å². The van der Waals surface area contributed by atoms with Gasteiger partial charge in [-0.05, 0) is 42.4 Å². The highest BCUT2D eigenvalue weighted by atomic mass is 79.9. The number of hydrogen-bond acceptors (Lipinski definition) is 1. The van der Waals surface area contributed by atoms with Crippen LogP contribution in [0.5, 0.6) is 0 Å². The largest absolute Gasteiger partial charge is 0.309 e. The maximum absolute atomic E-state index is 13.3. The van der Waals surface area contributed by atoms with Crippen molar-refractivity contribution in [2.24, 2.45) is 0 Å². The summed E-state index contributed by atoms with van der Waals surface area (Å²) in [5.41, 5.74) is 1.16. The minimum atomic E-state index is -1.45. The highest BCUT2D eigenvalue weighted by Crippen LogP contribution is 2.25. The van der Waals surface area contributed by atoms with E-state index in [9.17, 15) is 13.2 Å². The van der Waals surface area contributed by atoms with Crippen LogP contribution in [0, 0.1) is 17.5 Å². The van der Waals surface area contributed by atoms with E-state index in [0.717, 1.165) is 22.2 Å². The Kier molecular flexibility index (Phi) is 4.27. The van der Waals surface area contributed by atoms with Crippen molar-refractivity contribution < 1.29 is 13.2 Å². The van der Waals surface area contributed by atoms with E-state index >= 15 is 0 Å². The van der Waals surface area contributed by atoms with Gasteiger partial charge in [0, 0.05) is 4.47 Å². The summed E-state index contributed by atoms with van der Waals surface area (Å²) in [6.07, 6.45) is 0. The Labute approximate surface area is 117 Å². The molecule has 0 bridgehead atoms. The molecule has 0 spiro atoms. The number of benzene rings is 2. The Hall–Kier alpha value is -1.33. The van der Waals surface area contributed by atoms with E-state index in [-0.39, 0.29) is 0 Å². The van der Waals surface area contributed by atoms with Gasteiger partial charge < -0.3 is 5.32 Å². The first kappa shape index (κ1) is 14.1. The molecule has 1 atom stereocenters. The fourth-order valence-corrected chi connectivity index (χ4v) is 2.19. The van der Waals surface area contributed by atoms with Crippen molar-refractivity contribution in [3.05, 3.63) is 69.4 Å². The molecule has 0 aliphatic rings. The van der Waals surface area contributed by atoms with Crippen molar-refractivity contribution in [1.29, 1.82) is 0 Å². The molecule has 0 heterocycles. The summed E-state index contributed by atoms with van der Waals surface area (Å²) >= 11 is 3.32. The predicted molar refractivity (Wildman–Crippen MR) is 71.4 cm³/mol. The van der Waals surface area contributed by atoms with Gasteiger partial charge in [-0.15, -0.1) is 0 Å². The van der Waals surface area contributed by atoms with Gasteiger partial charge in [-0.3, -0.25) is 0 Å². The molecule has 1 N–H and O–H groups in total. The second kappa shape index (κ2) is 5.75. The van der Waals surface area contributed by atoms with Crippen LogP contribution in [-0.2, 0) is 0 Å². The second-order valence-corrected chi connectivity index (χ2v) is 4.99. The molecule has 0 fully saturated rings. The predicted octanol–water partition coefficient (Wildman–Crippen LogP) is 4.18. The fourth-order valence-electron chi connectivity index (χ4n) is 1.92. The molecule has 0 radical (unpaired) electrons. The average molecular weight is 330 g/mol. The van der Waals surface area contributed by atoms with Gasteiger partial charge in [-0.2, -0.15) is 0 Å². The highest BCUT2D eigenvalue weighted by molar-refractivity contribution is 9.10. The van der Waals surface area contributed by atoms with Crippen LogP contribution in [0.3, 0.4) is 0 Å². The maximum Gasteiger partial charge on any atom is 0.194 e. The third-order valence-electron chi connectivity index (χ3n) is 2.83. The smallest absolute Gasteiger partial charge is 0.194 e. The molecule has 2 aromatic rings. The highest BCUT2D eigenvalue weighted by Gasteiger charge is 2.17. The molecule has 100 valence electrons. The molecule has 2 rings (SSSR count). The molecule has 1 nitrogen and oxygen atoms in total. The number of halogens is 4. The molecule has 19 heavy (non-hydrogen) atoms. The molecule has 2 aromatic carbocycles. The minimum absolute atomic E-state index is 0.334. The van der Waals surface area contributed by atoms with Crippen LogP contribution in [0.25, 0.3) is 0 Å². The summed E-state index contributed by atoms with van der Waals surface area (Å²) < 4.78 is 40.4. The van der Waals surface area contributed by atoms with Crippen molar-refractivity contribution in [3.63, 3.8) is 0 Å². The van der Waals surface area contributed by atoms with Crippen LogP contribution in [0.2, 0.25) is 0 Å². The molecule has 5 heteroatoms. The number of nitrogens with one attached hydrogen (secondary N) is 1. The lowest BCUT2D eigenvalue weighted by molar-refractivity contribution is 0.443.